The molecule has 174 valence electrons. The molecular weight excluding hydrogens is 430 g/mol. The summed E-state index contributed by atoms with van der Waals surface area (Å²) in [6.45, 7) is 2.81. The number of benzene rings is 3. The van der Waals surface area contributed by atoms with Crippen molar-refractivity contribution in [1.82, 2.24) is 15.3 Å². The van der Waals surface area contributed by atoms with E-state index in [2.05, 4.69) is 15.3 Å². The second-order valence-corrected chi connectivity index (χ2v) is 7.52. The van der Waals surface area contributed by atoms with Gasteiger partial charge in [0.05, 0.1) is 38.3 Å². The van der Waals surface area contributed by atoms with E-state index in [1.807, 2.05) is 61.5 Å². The van der Waals surface area contributed by atoms with Crippen LogP contribution in [0.3, 0.4) is 0 Å². The largest absolute Gasteiger partial charge is 0.497 e. The molecule has 1 heterocycles. The smallest absolute Gasteiger partial charge is 0.255 e. The van der Waals surface area contributed by atoms with Crippen LogP contribution in [0.4, 0.5) is 0 Å². The van der Waals surface area contributed by atoms with E-state index in [0.29, 0.717) is 24.5 Å². The fourth-order valence-electron chi connectivity index (χ4n) is 3.62. The van der Waals surface area contributed by atoms with Crippen LogP contribution in [0.5, 0.6) is 17.2 Å². The molecule has 0 radical (unpaired) electrons. The maximum atomic E-state index is 12.6. The quantitative estimate of drug-likeness (QED) is 0.366. The Morgan fingerprint density at radius 2 is 1.76 bits per heavy atom. The highest BCUT2D eigenvalue weighted by molar-refractivity contribution is 5.96. The van der Waals surface area contributed by atoms with E-state index in [0.717, 1.165) is 39.7 Å². The third kappa shape index (κ3) is 5.04. The maximum absolute atomic E-state index is 12.6. The van der Waals surface area contributed by atoms with E-state index < -0.39 is 0 Å². The first-order valence-electron chi connectivity index (χ1n) is 11.0. The molecule has 7 heteroatoms. The normalized spacial score (nSPS) is 10.6. The van der Waals surface area contributed by atoms with Gasteiger partial charge in [-0.3, -0.25) is 4.79 Å². The maximum Gasteiger partial charge on any atom is 0.255 e. The number of H-pyrrole nitrogens is 1. The van der Waals surface area contributed by atoms with Gasteiger partial charge in [0.15, 0.2) is 0 Å². The van der Waals surface area contributed by atoms with Crippen LogP contribution < -0.4 is 19.5 Å². The van der Waals surface area contributed by atoms with Gasteiger partial charge in [-0.1, -0.05) is 36.4 Å². The Morgan fingerprint density at radius 3 is 2.50 bits per heavy atom. The molecule has 4 rings (SSSR count). The zero-order valence-corrected chi connectivity index (χ0v) is 19.4. The molecule has 2 N–H and O–H groups in total. The summed E-state index contributed by atoms with van der Waals surface area (Å²) in [4.78, 5) is 20.5. The number of hydrogen-bond acceptors (Lipinski definition) is 5. The fourth-order valence-corrected chi connectivity index (χ4v) is 3.62. The van der Waals surface area contributed by atoms with Gasteiger partial charge in [0.25, 0.3) is 5.91 Å². The van der Waals surface area contributed by atoms with Gasteiger partial charge in [-0.05, 0) is 42.8 Å². The average Bonchev–Trinajstić information content (AvgIpc) is 3.38. The molecule has 0 fully saturated rings. The molecule has 0 aliphatic carbocycles. The van der Waals surface area contributed by atoms with E-state index in [-0.39, 0.29) is 5.91 Å². The standard InChI is InChI=1S/C27H27N3O4/c1-4-34-25-8-6-5-7-21(25)27(31)29-16-18-9-11-19(12-10-18)26-28-17-23(30-26)22-15-20(32-2)13-14-24(22)33-3/h5-15,17H,4,16H2,1-3H3,(H,28,30)(H,29,31). The van der Waals surface area contributed by atoms with E-state index in [1.165, 1.54) is 0 Å². The monoisotopic (exact) mass is 457 g/mol. The van der Waals surface area contributed by atoms with E-state index in [1.54, 1.807) is 32.5 Å². The molecule has 0 atom stereocenters. The third-order valence-corrected chi connectivity index (χ3v) is 5.38. The number of carbonyl (C=O) groups excluding carboxylic acids is 1. The number of carbonyl (C=O) groups is 1. The predicted molar refractivity (Wildman–Crippen MR) is 131 cm³/mol. The Morgan fingerprint density at radius 1 is 0.971 bits per heavy atom. The van der Waals surface area contributed by atoms with Crippen LogP contribution in [0, 0.1) is 0 Å². The Kier molecular flexibility index (Phi) is 7.13. The van der Waals surface area contributed by atoms with Gasteiger partial charge >= 0.3 is 0 Å². The van der Waals surface area contributed by atoms with E-state index >= 15 is 0 Å². The molecule has 0 saturated heterocycles. The number of imidazole rings is 1. The van der Waals surface area contributed by atoms with Crippen LogP contribution in [0.25, 0.3) is 22.6 Å². The van der Waals surface area contributed by atoms with Gasteiger partial charge in [0.1, 0.15) is 23.1 Å². The minimum Gasteiger partial charge on any atom is -0.497 e. The number of aromatic nitrogens is 2. The molecule has 7 nitrogen and oxygen atoms in total. The van der Waals surface area contributed by atoms with Gasteiger partial charge < -0.3 is 24.5 Å². The summed E-state index contributed by atoms with van der Waals surface area (Å²) in [5, 5.41) is 2.95. The molecule has 4 aromatic rings. The van der Waals surface area contributed by atoms with Crippen LogP contribution in [-0.4, -0.2) is 36.7 Å². The molecule has 0 unspecified atom stereocenters. The molecule has 0 aliphatic heterocycles. The molecule has 0 saturated carbocycles. The van der Waals surface area contributed by atoms with Crippen LogP contribution >= 0.6 is 0 Å². The number of nitrogens with zero attached hydrogens (tertiary/aromatic N) is 1. The first kappa shape index (κ1) is 22.9. The Labute approximate surface area is 198 Å². The SMILES string of the molecule is CCOc1ccccc1C(=O)NCc1ccc(-c2ncc(-c3cc(OC)ccc3OC)[nH]2)cc1. The van der Waals surface area contributed by atoms with Crippen molar-refractivity contribution in [2.75, 3.05) is 20.8 Å². The van der Waals surface area contributed by atoms with Crippen molar-refractivity contribution in [3.05, 3.63) is 84.1 Å². The van der Waals surface area contributed by atoms with Gasteiger partial charge in [-0.15, -0.1) is 0 Å². The molecule has 34 heavy (non-hydrogen) atoms. The topological polar surface area (TPSA) is 85.5 Å². The Bertz CT molecular complexity index is 1270. The summed E-state index contributed by atoms with van der Waals surface area (Å²) in [6, 6.07) is 20.7. The number of hydrogen-bond donors (Lipinski definition) is 2. The number of amides is 1. The van der Waals surface area contributed by atoms with Crippen molar-refractivity contribution in [3.8, 4) is 39.9 Å². The van der Waals surface area contributed by atoms with Gasteiger partial charge in [0.2, 0.25) is 0 Å². The second kappa shape index (κ2) is 10.6. The lowest BCUT2D eigenvalue weighted by molar-refractivity contribution is 0.0947. The number of ether oxygens (including phenoxy) is 3. The lowest BCUT2D eigenvalue weighted by atomic mass is 10.1. The summed E-state index contributed by atoms with van der Waals surface area (Å²) >= 11 is 0. The molecule has 1 amide bonds. The van der Waals surface area contributed by atoms with E-state index in [9.17, 15) is 4.79 Å². The minimum absolute atomic E-state index is 0.170. The minimum atomic E-state index is -0.170. The number of rotatable bonds is 9. The number of aromatic amines is 1. The Hall–Kier alpha value is -4.26. The summed E-state index contributed by atoms with van der Waals surface area (Å²) < 4.78 is 16.4. The molecule has 3 aromatic carbocycles. The van der Waals surface area contributed by atoms with Crippen LogP contribution in [0.15, 0.2) is 72.9 Å². The average molecular weight is 458 g/mol. The van der Waals surface area contributed by atoms with Crippen LogP contribution in [0.1, 0.15) is 22.8 Å². The first-order chi connectivity index (χ1) is 16.6. The number of nitrogens with one attached hydrogen (secondary N) is 2. The molecule has 0 spiro atoms. The summed E-state index contributed by atoms with van der Waals surface area (Å²) in [5.41, 5.74) is 4.14. The molecule has 1 aromatic heterocycles. The van der Waals surface area contributed by atoms with Crippen molar-refractivity contribution in [2.24, 2.45) is 0 Å². The van der Waals surface area contributed by atoms with Crippen LogP contribution in [0.2, 0.25) is 0 Å². The fraction of sp³-hybridized carbons (Fsp3) is 0.185. The molecule has 0 aliphatic rings. The van der Waals surface area contributed by atoms with Gasteiger partial charge in [-0.25, -0.2) is 4.98 Å². The van der Waals surface area contributed by atoms with Crippen molar-refractivity contribution in [2.45, 2.75) is 13.5 Å². The molecule has 0 bridgehead atoms. The lowest BCUT2D eigenvalue weighted by Gasteiger charge is -2.10. The highest BCUT2D eigenvalue weighted by Crippen LogP contribution is 2.33. The van der Waals surface area contributed by atoms with Crippen molar-refractivity contribution in [1.29, 1.82) is 0 Å². The van der Waals surface area contributed by atoms with Crippen molar-refractivity contribution in [3.63, 3.8) is 0 Å². The molecular formula is C27H27N3O4. The number of methoxy groups -OCH3 is 2. The first-order valence-corrected chi connectivity index (χ1v) is 11.0. The van der Waals surface area contributed by atoms with Gasteiger partial charge in [-0.2, -0.15) is 0 Å². The Balaban J connectivity index is 1.45. The summed E-state index contributed by atoms with van der Waals surface area (Å²) in [5.74, 6) is 2.62. The van der Waals surface area contributed by atoms with Crippen molar-refractivity contribution < 1.29 is 19.0 Å². The number of para-hydroxylation sites is 1. The third-order valence-electron chi connectivity index (χ3n) is 5.38. The zero-order valence-electron chi connectivity index (χ0n) is 19.4. The summed E-state index contributed by atoms with van der Waals surface area (Å²) in [7, 11) is 3.27. The lowest BCUT2D eigenvalue weighted by Crippen LogP contribution is -2.23. The predicted octanol–water partition coefficient (Wildman–Crippen LogP) is 5.09. The van der Waals surface area contributed by atoms with E-state index in [4.69, 9.17) is 14.2 Å². The van der Waals surface area contributed by atoms with Gasteiger partial charge in [0, 0.05) is 17.7 Å². The van der Waals surface area contributed by atoms with Crippen molar-refractivity contribution >= 4 is 5.91 Å². The second-order valence-electron chi connectivity index (χ2n) is 7.52. The van der Waals surface area contributed by atoms with Crippen LogP contribution in [-0.2, 0) is 6.54 Å². The zero-order chi connectivity index (χ0) is 23.9. The highest BCUT2D eigenvalue weighted by atomic mass is 16.5. The highest BCUT2D eigenvalue weighted by Gasteiger charge is 2.13. The summed E-state index contributed by atoms with van der Waals surface area (Å²) in [6.07, 6.45) is 1.77.